The molecule has 0 fully saturated rings. The average Bonchev–Trinajstić information content (AvgIpc) is 2.32. The summed E-state index contributed by atoms with van der Waals surface area (Å²) in [7, 11) is 0. The van der Waals surface area contributed by atoms with Gasteiger partial charge in [0.2, 0.25) is 0 Å². The van der Waals surface area contributed by atoms with Gasteiger partial charge in [-0.2, -0.15) is 0 Å². The van der Waals surface area contributed by atoms with Crippen LogP contribution in [0.15, 0.2) is 24.3 Å². The van der Waals surface area contributed by atoms with Crippen LogP contribution in [0.25, 0.3) is 0 Å². The molecule has 2 rings (SSSR count). The van der Waals surface area contributed by atoms with Crippen molar-refractivity contribution in [2.75, 3.05) is 0 Å². The van der Waals surface area contributed by atoms with E-state index in [1.807, 2.05) is 39.8 Å². The smallest absolute Gasteiger partial charge is 0.509 e. The second-order valence-electron chi connectivity index (χ2n) is 5.13. The number of aryl methyl sites for hydroxylation is 4. The van der Waals surface area contributed by atoms with Gasteiger partial charge in [-0.3, -0.25) is 0 Å². The van der Waals surface area contributed by atoms with Crippen molar-refractivity contribution in [3.8, 4) is 11.5 Å². The van der Waals surface area contributed by atoms with Crippen molar-refractivity contribution in [3.63, 3.8) is 0 Å². The molecule has 0 radical (unpaired) electrons. The normalized spacial score (nSPS) is 10.0. The van der Waals surface area contributed by atoms with Crippen LogP contribution >= 0.6 is 0 Å². The van der Waals surface area contributed by atoms with Crippen molar-refractivity contribution in [2.45, 2.75) is 27.7 Å². The summed E-state index contributed by atoms with van der Waals surface area (Å²) in [6.07, 6.45) is 2.09. The van der Waals surface area contributed by atoms with Gasteiger partial charge in [0, 0.05) is 0 Å². The summed E-state index contributed by atoms with van der Waals surface area (Å²) in [6.45, 7) is 7.74. The van der Waals surface area contributed by atoms with E-state index in [4.69, 9.17) is 0 Å². The van der Waals surface area contributed by atoms with Crippen LogP contribution in [0.5, 0.6) is 11.5 Å². The van der Waals surface area contributed by atoms with Gasteiger partial charge in [-0.15, -0.1) is 40.8 Å². The monoisotopic (exact) mass is 396 g/mol. The molecule has 0 spiro atoms. The van der Waals surface area contributed by atoms with Crippen LogP contribution in [0.2, 0.25) is 0 Å². The fourth-order valence-corrected chi connectivity index (χ4v) is 2.13. The molecule has 0 aliphatic carbocycles. The summed E-state index contributed by atoms with van der Waals surface area (Å²) in [5, 5.41) is 19.4. The molecule has 100 valence electrons. The van der Waals surface area contributed by atoms with Crippen molar-refractivity contribution in [3.05, 3.63) is 64.1 Å². The van der Waals surface area contributed by atoms with E-state index >= 15 is 0 Å². The zero-order chi connectivity index (χ0) is 14.2. The van der Waals surface area contributed by atoms with E-state index in [0.717, 1.165) is 33.4 Å². The van der Waals surface area contributed by atoms with E-state index in [0.29, 0.717) is 11.5 Å². The molecular weight excluding hydrogens is 377 g/mol. The Morgan fingerprint density at radius 2 is 1.00 bits per heavy atom. The Morgan fingerprint density at radius 1 is 0.650 bits per heavy atom. The molecule has 0 saturated carbocycles. The van der Waals surface area contributed by atoms with E-state index in [1.165, 1.54) is 0 Å². The molecule has 0 aromatic heterocycles. The zero-order valence-corrected chi connectivity index (χ0v) is 16.1. The maximum Gasteiger partial charge on any atom is 3.00 e. The second kappa shape index (κ2) is 6.82. The first-order valence-electron chi connectivity index (χ1n) is 6.33. The largest absolute Gasteiger partial charge is 3.00 e. The molecular formula is C17H19O2Pr+2. The molecule has 0 amide bonds. The summed E-state index contributed by atoms with van der Waals surface area (Å²) in [5.41, 5.74) is 5.98. The maximum absolute atomic E-state index is 9.68. The fourth-order valence-electron chi connectivity index (χ4n) is 2.13. The van der Waals surface area contributed by atoms with Gasteiger partial charge in [0.1, 0.15) is 11.5 Å². The minimum absolute atomic E-state index is 0. The summed E-state index contributed by atoms with van der Waals surface area (Å²) in [4.78, 5) is 0. The van der Waals surface area contributed by atoms with Gasteiger partial charge >= 0.3 is 41.3 Å². The number of hydrogen-bond donors (Lipinski definition) is 2. The molecule has 2 aromatic rings. The second-order valence-corrected chi connectivity index (χ2v) is 5.13. The topological polar surface area (TPSA) is 40.5 Å². The van der Waals surface area contributed by atoms with Crippen LogP contribution in [0.1, 0.15) is 33.4 Å². The van der Waals surface area contributed by atoms with Gasteiger partial charge in [-0.25, -0.2) is 0 Å². The van der Waals surface area contributed by atoms with Gasteiger partial charge in [-0.05, 0) is 25.0 Å². The van der Waals surface area contributed by atoms with Crippen LogP contribution in [-0.2, 0) is 0 Å². The Hall–Kier alpha value is -0.726. The summed E-state index contributed by atoms with van der Waals surface area (Å²) in [5.74, 6) is 0.654. The molecule has 0 atom stereocenters. The maximum atomic E-state index is 9.68. The Morgan fingerprint density at radius 3 is 1.35 bits per heavy atom. The first-order chi connectivity index (χ1) is 8.88. The standard InChI is InChI=1S/C17H19O2.Pr/c1-10-7-16(18)12(3)5-14(10)9-15-6-13(4)17(19)8-11(15)2;/h5-9,18-19H,1-4H3;/q-1;+3. The number of phenols is 2. The SMILES string of the molecule is Cc1cc([CH-]c2cc(C)c(O)cc2C)c(C)cc1O.[Pr+3]. The average molecular weight is 396 g/mol. The number of hydrogen-bond acceptors (Lipinski definition) is 2. The summed E-state index contributed by atoms with van der Waals surface area (Å²) < 4.78 is 0. The van der Waals surface area contributed by atoms with Gasteiger partial charge in [-0.1, -0.05) is 26.0 Å². The number of aromatic hydroxyl groups is 2. The van der Waals surface area contributed by atoms with Gasteiger partial charge in [0.25, 0.3) is 0 Å². The minimum Gasteiger partial charge on any atom is -0.509 e. The molecule has 0 bridgehead atoms. The van der Waals surface area contributed by atoms with E-state index in [1.54, 1.807) is 12.1 Å². The van der Waals surface area contributed by atoms with Gasteiger partial charge in [0.05, 0.1) is 0 Å². The summed E-state index contributed by atoms with van der Waals surface area (Å²) in [6, 6.07) is 7.52. The van der Waals surface area contributed by atoms with Crippen molar-refractivity contribution in [2.24, 2.45) is 0 Å². The molecule has 2 aromatic carbocycles. The van der Waals surface area contributed by atoms with Crippen LogP contribution in [0, 0.1) is 75.4 Å². The molecule has 3 heteroatoms. The molecule has 0 aliphatic heterocycles. The van der Waals surface area contributed by atoms with Gasteiger partial charge < -0.3 is 10.2 Å². The Bertz CT molecular complexity index is 578. The van der Waals surface area contributed by atoms with Crippen LogP contribution in [-0.4, -0.2) is 10.2 Å². The van der Waals surface area contributed by atoms with Crippen LogP contribution < -0.4 is 0 Å². The van der Waals surface area contributed by atoms with E-state index in [9.17, 15) is 10.2 Å². The van der Waals surface area contributed by atoms with Gasteiger partial charge in [0.15, 0.2) is 0 Å². The Labute approximate surface area is 153 Å². The minimum atomic E-state index is 0. The molecule has 2 N–H and O–H groups in total. The van der Waals surface area contributed by atoms with Crippen LogP contribution in [0.3, 0.4) is 0 Å². The molecule has 2 nitrogen and oxygen atoms in total. The van der Waals surface area contributed by atoms with E-state index in [2.05, 4.69) is 6.42 Å². The quantitative estimate of drug-likeness (QED) is 0.756. The first kappa shape index (κ1) is 17.3. The fraction of sp³-hybridized carbons (Fsp3) is 0.235. The van der Waals surface area contributed by atoms with Crippen molar-refractivity contribution in [1.29, 1.82) is 0 Å². The number of benzene rings is 2. The van der Waals surface area contributed by atoms with E-state index in [-0.39, 0.29) is 41.3 Å². The summed E-state index contributed by atoms with van der Waals surface area (Å²) >= 11 is 0. The third kappa shape index (κ3) is 3.68. The zero-order valence-electron chi connectivity index (χ0n) is 12.4. The first-order valence-corrected chi connectivity index (χ1v) is 6.33. The number of rotatable bonds is 2. The Kier molecular flexibility index (Phi) is 5.91. The molecule has 0 aliphatic rings. The van der Waals surface area contributed by atoms with Crippen LogP contribution in [0.4, 0.5) is 0 Å². The molecule has 0 unspecified atom stereocenters. The predicted molar refractivity (Wildman–Crippen MR) is 77.7 cm³/mol. The number of phenolic OH excluding ortho intramolecular Hbond substituents is 2. The van der Waals surface area contributed by atoms with Crippen molar-refractivity contribution >= 4 is 0 Å². The van der Waals surface area contributed by atoms with Crippen molar-refractivity contribution in [1.82, 2.24) is 0 Å². The molecule has 0 heterocycles. The van der Waals surface area contributed by atoms with E-state index < -0.39 is 0 Å². The third-order valence-corrected chi connectivity index (χ3v) is 3.48. The predicted octanol–water partition coefficient (Wildman–Crippen LogP) is 3.93. The van der Waals surface area contributed by atoms with Crippen molar-refractivity contribution < 1.29 is 51.5 Å². The molecule has 0 saturated heterocycles. The Balaban J connectivity index is 0.00000200. The third-order valence-electron chi connectivity index (χ3n) is 3.48. The molecule has 20 heavy (non-hydrogen) atoms.